The molecule has 0 saturated carbocycles. The first-order valence-electron chi connectivity index (χ1n) is 12.6. The molecule has 9 nitrogen and oxygen atoms in total. The SMILES string of the molecule is CCc1cccc(CNC[C@@H](O)[C@H](Cc2cc(F)cc(F)c2)NC(=O)Cn2nnc(N3CCCC3)n2)c1. The number of rotatable bonds is 12. The van der Waals surface area contributed by atoms with E-state index in [0.29, 0.717) is 18.1 Å². The number of carbonyl (C=O) groups excluding carboxylic acids is 1. The Bertz CT molecular complexity index is 1160. The highest BCUT2D eigenvalue weighted by Crippen LogP contribution is 2.14. The van der Waals surface area contributed by atoms with Gasteiger partial charge in [0.15, 0.2) is 0 Å². The highest BCUT2D eigenvalue weighted by atomic mass is 19.1. The second kappa shape index (κ2) is 12.7. The Morgan fingerprint density at radius 3 is 2.54 bits per heavy atom. The van der Waals surface area contributed by atoms with Crippen molar-refractivity contribution in [2.24, 2.45) is 0 Å². The zero-order chi connectivity index (χ0) is 26.2. The Morgan fingerprint density at radius 2 is 1.81 bits per heavy atom. The number of aromatic nitrogens is 4. The molecule has 3 N–H and O–H groups in total. The number of aliphatic hydroxyl groups is 1. The quantitative estimate of drug-likeness (QED) is 0.340. The number of tetrazole rings is 1. The average molecular weight is 514 g/mol. The third-order valence-electron chi connectivity index (χ3n) is 6.39. The van der Waals surface area contributed by atoms with Gasteiger partial charge in [0, 0.05) is 32.2 Å². The fourth-order valence-electron chi connectivity index (χ4n) is 4.46. The molecule has 0 bridgehead atoms. The van der Waals surface area contributed by atoms with Gasteiger partial charge >= 0.3 is 0 Å². The number of anilines is 1. The van der Waals surface area contributed by atoms with Gasteiger partial charge in [-0.1, -0.05) is 36.3 Å². The van der Waals surface area contributed by atoms with Crippen molar-refractivity contribution in [3.8, 4) is 0 Å². The molecule has 3 aromatic rings. The van der Waals surface area contributed by atoms with E-state index in [1.165, 1.54) is 22.5 Å². The Kier molecular flexibility index (Phi) is 9.13. The summed E-state index contributed by atoms with van der Waals surface area (Å²) in [6.07, 6.45) is 2.07. The Labute approximate surface area is 214 Å². The molecule has 0 radical (unpaired) electrons. The van der Waals surface area contributed by atoms with Gasteiger partial charge in [-0.2, -0.15) is 4.80 Å². The van der Waals surface area contributed by atoms with E-state index in [1.807, 2.05) is 17.0 Å². The standard InChI is InChI=1S/C26H33F2N7O2/c1-2-18-6-5-7-19(10-18)15-29-16-24(36)23(13-20-11-21(27)14-22(28)12-20)30-25(37)17-35-32-26(31-33-35)34-8-3-4-9-34/h5-7,10-12,14,23-24,29,36H,2-4,8-9,13,15-17H2,1H3,(H,30,37)/t23-,24+/m0/s1. The summed E-state index contributed by atoms with van der Waals surface area (Å²) in [5.41, 5.74) is 2.62. The normalized spacial score (nSPS) is 15.1. The molecule has 0 spiro atoms. The van der Waals surface area contributed by atoms with E-state index in [4.69, 9.17) is 0 Å². The second-order valence-corrected chi connectivity index (χ2v) is 9.34. The molecule has 1 fully saturated rings. The summed E-state index contributed by atoms with van der Waals surface area (Å²) < 4.78 is 27.6. The van der Waals surface area contributed by atoms with Crippen LogP contribution >= 0.6 is 0 Å². The summed E-state index contributed by atoms with van der Waals surface area (Å²) in [5, 5.41) is 29.2. The van der Waals surface area contributed by atoms with Crippen LogP contribution in [0.1, 0.15) is 36.5 Å². The predicted molar refractivity (Wildman–Crippen MR) is 135 cm³/mol. The summed E-state index contributed by atoms with van der Waals surface area (Å²) in [6, 6.07) is 10.5. The molecule has 2 aromatic carbocycles. The van der Waals surface area contributed by atoms with Gasteiger partial charge in [0.2, 0.25) is 5.91 Å². The summed E-state index contributed by atoms with van der Waals surface area (Å²) in [7, 11) is 0. The molecule has 1 aliphatic heterocycles. The lowest BCUT2D eigenvalue weighted by Gasteiger charge is -2.25. The summed E-state index contributed by atoms with van der Waals surface area (Å²) in [4.78, 5) is 16.0. The summed E-state index contributed by atoms with van der Waals surface area (Å²) in [6.45, 7) is 4.29. The molecular weight excluding hydrogens is 480 g/mol. The maximum absolute atomic E-state index is 13.8. The molecule has 11 heteroatoms. The van der Waals surface area contributed by atoms with E-state index in [-0.39, 0.29) is 19.5 Å². The van der Waals surface area contributed by atoms with Gasteiger partial charge in [0.25, 0.3) is 5.95 Å². The largest absolute Gasteiger partial charge is 0.390 e. The van der Waals surface area contributed by atoms with Crippen molar-refractivity contribution in [2.75, 3.05) is 24.5 Å². The van der Waals surface area contributed by atoms with Crippen LogP contribution in [0.15, 0.2) is 42.5 Å². The number of nitrogens with zero attached hydrogens (tertiary/aromatic N) is 5. The minimum absolute atomic E-state index is 0.0401. The van der Waals surface area contributed by atoms with Crippen LogP contribution < -0.4 is 15.5 Å². The molecule has 37 heavy (non-hydrogen) atoms. The van der Waals surface area contributed by atoms with Gasteiger partial charge in [0.05, 0.1) is 12.1 Å². The molecule has 0 aliphatic carbocycles. The van der Waals surface area contributed by atoms with E-state index >= 15 is 0 Å². The molecule has 4 rings (SSSR count). The topological polar surface area (TPSA) is 108 Å². The number of hydrogen-bond donors (Lipinski definition) is 3. The van der Waals surface area contributed by atoms with E-state index in [1.54, 1.807) is 0 Å². The molecule has 1 saturated heterocycles. The smallest absolute Gasteiger partial charge is 0.266 e. The monoisotopic (exact) mass is 513 g/mol. The second-order valence-electron chi connectivity index (χ2n) is 9.34. The van der Waals surface area contributed by atoms with Gasteiger partial charge in [-0.3, -0.25) is 4.79 Å². The van der Waals surface area contributed by atoms with Crippen LogP contribution in [0.3, 0.4) is 0 Å². The van der Waals surface area contributed by atoms with Crippen molar-refractivity contribution >= 4 is 11.9 Å². The number of hydrogen-bond acceptors (Lipinski definition) is 7. The first kappa shape index (κ1) is 26.6. The van der Waals surface area contributed by atoms with Crippen LogP contribution in [0.5, 0.6) is 0 Å². The van der Waals surface area contributed by atoms with Crippen LogP contribution in [0.4, 0.5) is 14.7 Å². The zero-order valence-electron chi connectivity index (χ0n) is 20.9. The fourth-order valence-corrected chi connectivity index (χ4v) is 4.46. The van der Waals surface area contributed by atoms with Gasteiger partial charge in [-0.05, 0) is 59.7 Å². The number of nitrogens with one attached hydrogen (secondary N) is 2. The van der Waals surface area contributed by atoms with Crippen molar-refractivity contribution in [2.45, 2.75) is 57.8 Å². The molecule has 1 aliphatic rings. The zero-order valence-corrected chi connectivity index (χ0v) is 20.9. The number of amides is 1. The van der Waals surface area contributed by atoms with Crippen LogP contribution in [0.2, 0.25) is 0 Å². The highest BCUT2D eigenvalue weighted by molar-refractivity contribution is 5.76. The first-order valence-corrected chi connectivity index (χ1v) is 12.6. The molecule has 0 unspecified atom stereocenters. The molecule has 2 atom stereocenters. The van der Waals surface area contributed by atoms with E-state index in [0.717, 1.165) is 44.0 Å². The molecule has 198 valence electrons. The lowest BCUT2D eigenvalue weighted by atomic mass is 10.0. The molecule has 1 amide bonds. The van der Waals surface area contributed by atoms with Gasteiger partial charge in [-0.25, -0.2) is 8.78 Å². The van der Waals surface area contributed by atoms with E-state index in [9.17, 15) is 18.7 Å². The maximum atomic E-state index is 13.8. The number of halogens is 2. The summed E-state index contributed by atoms with van der Waals surface area (Å²) >= 11 is 0. The van der Waals surface area contributed by atoms with Crippen LogP contribution in [-0.2, 0) is 30.7 Å². The minimum Gasteiger partial charge on any atom is -0.390 e. The van der Waals surface area contributed by atoms with Crippen molar-refractivity contribution in [3.05, 3.63) is 70.8 Å². The molecule has 1 aromatic heterocycles. The van der Waals surface area contributed by atoms with Crippen LogP contribution in [0, 0.1) is 11.6 Å². The van der Waals surface area contributed by atoms with Crippen LogP contribution in [-0.4, -0.2) is 63.0 Å². The summed E-state index contributed by atoms with van der Waals surface area (Å²) in [5.74, 6) is -1.40. The molecule has 2 heterocycles. The highest BCUT2D eigenvalue weighted by Gasteiger charge is 2.24. The van der Waals surface area contributed by atoms with Crippen LogP contribution in [0.25, 0.3) is 0 Å². The van der Waals surface area contributed by atoms with Gasteiger partial charge in [0.1, 0.15) is 18.2 Å². The average Bonchev–Trinajstić information content (AvgIpc) is 3.55. The predicted octanol–water partition coefficient (Wildman–Crippen LogP) is 1.99. The fraction of sp³-hybridized carbons (Fsp3) is 0.462. The third-order valence-corrected chi connectivity index (χ3v) is 6.39. The Morgan fingerprint density at radius 1 is 1.08 bits per heavy atom. The minimum atomic E-state index is -1.02. The lowest BCUT2D eigenvalue weighted by Crippen LogP contribution is -2.49. The third kappa shape index (κ3) is 7.77. The van der Waals surface area contributed by atoms with E-state index < -0.39 is 29.7 Å². The maximum Gasteiger partial charge on any atom is 0.266 e. The Balaban J connectivity index is 1.39. The van der Waals surface area contributed by atoms with Crippen molar-refractivity contribution < 1.29 is 18.7 Å². The Hall–Kier alpha value is -3.44. The van der Waals surface area contributed by atoms with Crippen molar-refractivity contribution in [3.63, 3.8) is 0 Å². The van der Waals surface area contributed by atoms with Crippen molar-refractivity contribution in [1.82, 2.24) is 30.8 Å². The molecular formula is C26H33F2N7O2. The number of aliphatic hydroxyl groups excluding tert-OH is 1. The lowest BCUT2D eigenvalue weighted by molar-refractivity contribution is -0.123. The first-order chi connectivity index (χ1) is 17.9. The number of benzene rings is 2. The van der Waals surface area contributed by atoms with Gasteiger partial charge < -0.3 is 20.6 Å². The van der Waals surface area contributed by atoms with E-state index in [2.05, 4.69) is 45.1 Å². The number of aryl methyl sites for hydroxylation is 1. The number of carbonyl (C=O) groups is 1. The van der Waals surface area contributed by atoms with Crippen molar-refractivity contribution in [1.29, 1.82) is 0 Å². The van der Waals surface area contributed by atoms with Gasteiger partial charge in [-0.15, -0.1) is 5.10 Å².